The smallest absolute Gasteiger partial charge is 0.350 e. The van der Waals surface area contributed by atoms with Gasteiger partial charge >= 0.3 is 5.97 Å². The first-order valence-corrected chi connectivity index (χ1v) is 8.28. The molecule has 2 aliphatic carbocycles. The lowest BCUT2D eigenvalue weighted by Crippen LogP contribution is -2.67. The molecule has 0 amide bonds. The van der Waals surface area contributed by atoms with Crippen LogP contribution in [0.1, 0.15) is 47.0 Å². The maximum Gasteiger partial charge on any atom is 0.350 e. The molecule has 4 atom stereocenters. The summed E-state index contributed by atoms with van der Waals surface area (Å²) in [6, 6.07) is 8.90. The maximum atomic E-state index is 12.2. The number of rotatable bonds is 4. The van der Waals surface area contributed by atoms with Crippen LogP contribution in [0.3, 0.4) is 0 Å². The van der Waals surface area contributed by atoms with E-state index in [1.165, 1.54) is 6.92 Å². The van der Waals surface area contributed by atoms with Gasteiger partial charge in [-0.25, -0.2) is 4.79 Å². The summed E-state index contributed by atoms with van der Waals surface area (Å²) < 4.78 is 5.91. The molecule has 2 saturated carbocycles. The van der Waals surface area contributed by atoms with E-state index in [0.717, 1.165) is 12.8 Å². The minimum atomic E-state index is -1.68. The average molecular weight is 318 g/mol. The summed E-state index contributed by atoms with van der Waals surface area (Å²) in [5, 5.41) is 21.6. The summed E-state index contributed by atoms with van der Waals surface area (Å²) in [7, 11) is 0. The zero-order chi connectivity index (χ0) is 17.1. The number of fused-ring (bicyclic) bond motifs is 2. The Morgan fingerprint density at radius 3 is 2.30 bits per heavy atom. The molecule has 0 heterocycles. The molecule has 2 fully saturated rings. The van der Waals surface area contributed by atoms with Gasteiger partial charge in [0.15, 0.2) is 0 Å². The van der Waals surface area contributed by atoms with Crippen molar-refractivity contribution in [1.82, 2.24) is 0 Å². The van der Waals surface area contributed by atoms with E-state index < -0.39 is 22.6 Å². The van der Waals surface area contributed by atoms with Crippen molar-refractivity contribution >= 4 is 5.97 Å². The molecule has 0 spiro atoms. The fourth-order valence-electron chi connectivity index (χ4n) is 5.03. The lowest BCUT2D eigenvalue weighted by Gasteiger charge is -2.52. The zero-order valence-corrected chi connectivity index (χ0v) is 14.3. The molecule has 0 saturated heterocycles. The van der Waals surface area contributed by atoms with Gasteiger partial charge in [0, 0.05) is 5.41 Å². The molecule has 2 N–H and O–H groups in total. The fourth-order valence-corrected chi connectivity index (χ4v) is 5.03. The molecule has 0 aliphatic heterocycles. The van der Waals surface area contributed by atoms with Crippen LogP contribution in [0, 0.1) is 16.7 Å². The number of carbonyl (C=O) groups is 1. The van der Waals surface area contributed by atoms with Gasteiger partial charge in [-0.3, -0.25) is 0 Å². The van der Waals surface area contributed by atoms with E-state index in [1.807, 2.05) is 13.0 Å². The predicted molar refractivity (Wildman–Crippen MR) is 87.3 cm³/mol. The van der Waals surface area contributed by atoms with Crippen molar-refractivity contribution in [3.8, 4) is 5.75 Å². The van der Waals surface area contributed by atoms with Gasteiger partial charge in [0.2, 0.25) is 5.60 Å². The van der Waals surface area contributed by atoms with Crippen LogP contribution < -0.4 is 4.74 Å². The van der Waals surface area contributed by atoms with Crippen LogP contribution in [0.25, 0.3) is 0 Å². The molecule has 4 unspecified atom stereocenters. The molecular formula is C19H26O4. The van der Waals surface area contributed by atoms with Crippen LogP contribution in [0.15, 0.2) is 30.3 Å². The summed E-state index contributed by atoms with van der Waals surface area (Å²) in [5.74, 6) is -0.334. The standard InChI is InChI=1S/C19H26O4/c1-16(2)13-10-11-17(16,3)19(22,12-13)18(4,15(20)21)23-14-8-6-5-7-9-14/h5-9,13,22H,10-12H2,1-4H3,(H,20,21). The van der Waals surface area contributed by atoms with E-state index in [4.69, 9.17) is 4.74 Å². The van der Waals surface area contributed by atoms with Crippen molar-refractivity contribution in [3.05, 3.63) is 30.3 Å². The number of ether oxygens (including phenoxy) is 1. The van der Waals surface area contributed by atoms with Crippen molar-refractivity contribution in [2.24, 2.45) is 16.7 Å². The van der Waals surface area contributed by atoms with Gasteiger partial charge in [-0.05, 0) is 49.7 Å². The van der Waals surface area contributed by atoms with Crippen molar-refractivity contribution < 1.29 is 19.7 Å². The van der Waals surface area contributed by atoms with Crippen LogP contribution in [-0.2, 0) is 4.79 Å². The SMILES string of the molecule is CC(Oc1ccccc1)(C(=O)O)C1(O)CC2CCC1(C)C2(C)C. The summed E-state index contributed by atoms with van der Waals surface area (Å²) in [5.41, 5.74) is -3.70. The number of hydrogen-bond donors (Lipinski definition) is 2. The normalized spacial score (nSPS) is 37.3. The molecule has 126 valence electrons. The third-order valence-corrected chi connectivity index (χ3v) is 7.15. The Balaban J connectivity index is 2.07. The number of para-hydroxylation sites is 1. The van der Waals surface area contributed by atoms with E-state index in [-0.39, 0.29) is 5.41 Å². The molecular weight excluding hydrogens is 292 g/mol. The van der Waals surface area contributed by atoms with Gasteiger partial charge in [-0.15, -0.1) is 0 Å². The number of benzene rings is 1. The van der Waals surface area contributed by atoms with E-state index in [2.05, 4.69) is 13.8 Å². The Kier molecular flexibility index (Phi) is 3.35. The summed E-state index contributed by atoms with van der Waals surface area (Å²) >= 11 is 0. The molecule has 4 nitrogen and oxygen atoms in total. The van der Waals surface area contributed by atoms with Gasteiger partial charge in [-0.2, -0.15) is 0 Å². The Labute approximate surface area is 137 Å². The van der Waals surface area contributed by atoms with Crippen LogP contribution in [0.2, 0.25) is 0 Å². The minimum Gasteiger partial charge on any atom is -0.478 e. The fraction of sp³-hybridized carbons (Fsp3) is 0.632. The van der Waals surface area contributed by atoms with Gasteiger partial charge < -0.3 is 14.9 Å². The third-order valence-electron chi connectivity index (χ3n) is 7.15. The van der Waals surface area contributed by atoms with Gasteiger partial charge in [0.05, 0.1) is 0 Å². The first-order valence-electron chi connectivity index (χ1n) is 8.28. The van der Waals surface area contributed by atoms with E-state index in [9.17, 15) is 15.0 Å². The van der Waals surface area contributed by atoms with Crippen LogP contribution in [-0.4, -0.2) is 27.4 Å². The number of aliphatic carboxylic acids is 1. The molecule has 1 aromatic rings. The van der Waals surface area contributed by atoms with Crippen molar-refractivity contribution in [3.63, 3.8) is 0 Å². The highest BCUT2D eigenvalue weighted by molar-refractivity contribution is 5.80. The minimum absolute atomic E-state index is 0.113. The molecule has 0 radical (unpaired) electrons. The molecule has 3 rings (SSSR count). The average Bonchev–Trinajstić information content (AvgIpc) is 2.80. The molecule has 1 aromatic carbocycles. The topological polar surface area (TPSA) is 66.8 Å². The number of carboxylic acids is 1. The van der Waals surface area contributed by atoms with Crippen LogP contribution in [0.4, 0.5) is 0 Å². The lowest BCUT2D eigenvalue weighted by atomic mass is 9.59. The molecule has 2 bridgehead atoms. The van der Waals surface area contributed by atoms with Crippen molar-refractivity contribution in [2.75, 3.05) is 0 Å². The van der Waals surface area contributed by atoms with Gasteiger partial charge in [0.25, 0.3) is 0 Å². The number of aliphatic hydroxyl groups is 1. The first-order chi connectivity index (χ1) is 10.6. The lowest BCUT2D eigenvalue weighted by molar-refractivity contribution is -0.213. The molecule has 0 aromatic heterocycles. The predicted octanol–water partition coefficient (Wildman–Crippen LogP) is 3.49. The highest BCUT2D eigenvalue weighted by Gasteiger charge is 2.76. The second-order valence-electron chi connectivity index (χ2n) is 8.11. The Morgan fingerprint density at radius 1 is 1.26 bits per heavy atom. The highest BCUT2D eigenvalue weighted by atomic mass is 16.5. The highest BCUT2D eigenvalue weighted by Crippen LogP contribution is 2.72. The number of hydrogen-bond acceptors (Lipinski definition) is 3. The quantitative estimate of drug-likeness (QED) is 0.892. The van der Waals surface area contributed by atoms with Crippen LogP contribution >= 0.6 is 0 Å². The Hall–Kier alpha value is -1.55. The third kappa shape index (κ3) is 1.84. The monoisotopic (exact) mass is 318 g/mol. The first kappa shape index (κ1) is 16.3. The van der Waals surface area contributed by atoms with E-state index in [0.29, 0.717) is 18.1 Å². The zero-order valence-electron chi connectivity index (χ0n) is 14.3. The van der Waals surface area contributed by atoms with Crippen LogP contribution in [0.5, 0.6) is 5.75 Å². The Bertz CT molecular complexity index is 626. The van der Waals surface area contributed by atoms with Crippen molar-refractivity contribution in [2.45, 2.75) is 58.2 Å². The number of carboxylic acid groups (broad SMARTS) is 1. The molecule has 2 aliphatic rings. The van der Waals surface area contributed by atoms with Crippen molar-refractivity contribution in [1.29, 1.82) is 0 Å². The molecule has 4 heteroatoms. The Morgan fingerprint density at radius 2 is 1.87 bits per heavy atom. The summed E-state index contributed by atoms with van der Waals surface area (Å²) in [4.78, 5) is 12.2. The summed E-state index contributed by atoms with van der Waals surface area (Å²) in [6.45, 7) is 7.83. The van der Waals surface area contributed by atoms with Gasteiger partial charge in [0.1, 0.15) is 11.4 Å². The molecule has 23 heavy (non-hydrogen) atoms. The van der Waals surface area contributed by atoms with E-state index >= 15 is 0 Å². The largest absolute Gasteiger partial charge is 0.478 e. The summed E-state index contributed by atoms with van der Waals surface area (Å²) in [6.07, 6.45) is 2.32. The van der Waals surface area contributed by atoms with Gasteiger partial charge in [-0.1, -0.05) is 39.0 Å². The second-order valence-corrected chi connectivity index (χ2v) is 8.11. The maximum absolute atomic E-state index is 12.2. The second kappa shape index (κ2) is 4.73. The van der Waals surface area contributed by atoms with E-state index in [1.54, 1.807) is 24.3 Å².